The van der Waals surface area contributed by atoms with Crippen LogP contribution in [0.15, 0.2) is 78.5 Å². The summed E-state index contributed by atoms with van der Waals surface area (Å²) in [6.07, 6.45) is 1.88. The third kappa shape index (κ3) is 4.23. The Bertz CT molecular complexity index is 989. The molecule has 1 N–H and O–H groups in total. The van der Waals surface area contributed by atoms with Crippen LogP contribution in [0.2, 0.25) is 0 Å². The standard InChI is InChI=1S/C26H28N2/c1-18-15-24(22-9-7-6-8-10-22)16-19(2)26(18)23-11-13-25(14-12-23)28(5)21(4)17-20(3)27/h6-17,27H,1-5H3/b21-17-,27-20?. The fourth-order valence-electron chi connectivity index (χ4n) is 3.68. The predicted molar refractivity (Wildman–Crippen MR) is 122 cm³/mol. The molecule has 0 saturated carbocycles. The summed E-state index contributed by atoms with van der Waals surface area (Å²) in [5.74, 6) is 0. The molecule has 2 heteroatoms. The Morgan fingerprint density at radius 3 is 1.89 bits per heavy atom. The third-order valence-electron chi connectivity index (χ3n) is 5.14. The van der Waals surface area contributed by atoms with E-state index in [4.69, 9.17) is 5.41 Å². The molecule has 0 aliphatic rings. The van der Waals surface area contributed by atoms with E-state index in [0.29, 0.717) is 5.71 Å². The molecule has 0 bridgehead atoms. The summed E-state index contributed by atoms with van der Waals surface area (Å²) < 4.78 is 0. The van der Waals surface area contributed by atoms with Crippen molar-refractivity contribution in [2.45, 2.75) is 27.7 Å². The smallest absolute Gasteiger partial charge is 0.0405 e. The van der Waals surface area contributed by atoms with Crippen LogP contribution in [0.4, 0.5) is 5.69 Å². The topological polar surface area (TPSA) is 27.1 Å². The summed E-state index contributed by atoms with van der Waals surface area (Å²) in [6.45, 7) is 8.21. The van der Waals surface area contributed by atoms with Gasteiger partial charge in [0, 0.05) is 24.1 Å². The van der Waals surface area contributed by atoms with Crippen molar-refractivity contribution in [2.75, 3.05) is 11.9 Å². The van der Waals surface area contributed by atoms with Crippen molar-refractivity contribution >= 4 is 11.4 Å². The number of nitrogens with zero attached hydrogens (tertiary/aromatic N) is 1. The molecular formula is C26H28N2. The molecular weight excluding hydrogens is 340 g/mol. The number of anilines is 1. The zero-order chi connectivity index (χ0) is 20.3. The van der Waals surface area contributed by atoms with E-state index in [0.717, 1.165) is 11.4 Å². The lowest BCUT2D eigenvalue weighted by Gasteiger charge is -2.21. The molecule has 0 atom stereocenters. The van der Waals surface area contributed by atoms with Gasteiger partial charge in [0.05, 0.1) is 0 Å². The van der Waals surface area contributed by atoms with Gasteiger partial charge in [0.15, 0.2) is 0 Å². The van der Waals surface area contributed by atoms with Crippen LogP contribution in [0.1, 0.15) is 25.0 Å². The first-order valence-electron chi connectivity index (χ1n) is 9.61. The number of aryl methyl sites for hydroxylation is 2. The van der Waals surface area contributed by atoms with E-state index >= 15 is 0 Å². The molecule has 3 aromatic rings. The van der Waals surface area contributed by atoms with Crippen molar-refractivity contribution in [3.05, 3.63) is 89.6 Å². The number of benzene rings is 3. The van der Waals surface area contributed by atoms with Gasteiger partial charge in [-0.3, -0.25) is 0 Å². The van der Waals surface area contributed by atoms with E-state index in [2.05, 4.69) is 85.5 Å². The second-order valence-corrected chi connectivity index (χ2v) is 7.43. The first-order chi connectivity index (χ1) is 13.4. The summed E-state index contributed by atoms with van der Waals surface area (Å²) >= 11 is 0. The minimum absolute atomic E-state index is 0.561. The molecule has 0 spiro atoms. The average molecular weight is 369 g/mol. The van der Waals surface area contributed by atoms with Crippen molar-refractivity contribution in [3.63, 3.8) is 0 Å². The van der Waals surface area contributed by atoms with Gasteiger partial charge in [0.2, 0.25) is 0 Å². The number of hydrogen-bond acceptors (Lipinski definition) is 2. The summed E-state index contributed by atoms with van der Waals surface area (Å²) in [5.41, 5.74) is 10.4. The van der Waals surface area contributed by atoms with Crippen LogP contribution in [-0.2, 0) is 0 Å². The van der Waals surface area contributed by atoms with E-state index in [-0.39, 0.29) is 0 Å². The molecule has 3 rings (SSSR count). The van der Waals surface area contributed by atoms with Crippen molar-refractivity contribution in [1.29, 1.82) is 5.41 Å². The Labute approximate surface area is 168 Å². The monoisotopic (exact) mass is 368 g/mol. The van der Waals surface area contributed by atoms with Gasteiger partial charge < -0.3 is 10.3 Å². The normalized spacial score (nSPS) is 11.4. The molecule has 0 saturated heterocycles. The highest BCUT2D eigenvalue weighted by Gasteiger charge is 2.10. The quantitative estimate of drug-likeness (QED) is 0.481. The Balaban J connectivity index is 1.93. The van der Waals surface area contributed by atoms with Crippen LogP contribution >= 0.6 is 0 Å². The van der Waals surface area contributed by atoms with E-state index in [1.54, 1.807) is 6.92 Å². The van der Waals surface area contributed by atoms with Crippen molar-refractivity contribution in [2.24, 2.45) is 0 Å². The maximum absolute atomic E-state index is 7.65. The molecule has 2 nitrogen and oxygen atoms in total. The molecule has 0 radical (unpaired) electrons. The summed E-state index contributed by atoms with van der Waals surface area (Å²) in [6, 6.07) is 23.8. The van der Waals surface area contributed by atoms with Gasteiger partial charge in [-0.25, -0.2) is 0 Å². The summed E-state index contributed by atoms with van der Waals surface area (Å²) in [4.78, 5) is 2.11. The molecule has 0 aliphatic carbocycles. The fraction of sp³-hybridized carbons (Fsp3) is 0.192. The number of rotatable bonds is 5. The number of nitrogens with one attached hydrogen (secondary N) is 1. The summed E-state index contributed by atoms with van der Waals surface area (Å²) in [7, 11) is 2.04. The first-order valence-corrected chi connectivity index (χ1v) is 9.61. The van der Waals surface area contributed by atoms with Crippen molar-refractivity contribution in [1.82, 2.24) is 0 Å². The average Bonchev–Trinajstić information content (AvgIpc) is 2.67. The van der Waals surface area contributed by atoms with Crippen LogP contribution < -0.4 is 4.90 Å². The lowest BCUT2D eigenvalue weighted by atomic mass is 9.91. The van der Waals surface area contributed by atoms with Gasteiger partial charge in [-0.15, -0.1) is 0 Å². The minimum atomic E-state index is 0.561. The van der Waals surface area contributed by atoms with Gasteiger partial charge in [-0.2, -0.15) is 0 Å². The Morgan fingerprint density at radius 2 is 1.36 bits per heavy atom. The Kier molecular flexibility index (Phi) is 5.79. The van der Waals surface area contributed by atoms with Crippen LogP contribution in [0.3, 0.4) is 0 Å². The summed E-state index contributed by atoms with van der Waals surface area (Å²) in [5, 5.41) is 7.65. The maximum atomic E-state index is 7.65. The van der Waals surface area contributed by atoms with Crippen molar-refractivity contribution < 1.29 is 0 Å². The second-order valence-electron chi connectivity index (χ2n) is 7.43. The van der Waals surface area contributed by atoms with Gasteiger partial charge in [0.25, 0.3) is 0 Å². The molecule has 0 heterocycles. The molecule has 0 unspecified atom stereocenters. The molecule has 0 amide bonds. The lowest BCUT2D eigenvalue weighted by molar-refractivity contribution is 1.09. The zero-order valence-corrected chi connectivity index (χ0v) is 17.4. The third-order valence-corrected chi connectivity index (χ3v) is 5.14. The second kappa shape index (κ2) is 8.26. The fourth-order valence-corrected chi connectivity index (χ4v) is 3.68. The van der Waals surface area contributed by atoms with Gasteiger partial charge >= 0.3 is 0 Å². The van der Waals surface area contributed by atoms with Crippen LogP contribution in [-0.4, -0.2) is 12.8 Å². The van der Waals surface area contributed by atoms with Crippen LogP contribution in [0.25, 0.3) is 22.3 Å². The van der Waals surface area contributed by atoms with E-state index in [1.165, 1.54) is 33.4 Å². The highest BCUT2D eigenvalue weighted by Crippen LogP contribution is 2.33. The molecule has 142 valence electrons. The van der Waals surface area contributed by atoms with Crippen LogP contribution in [0, 0.1) is 19.3 Å². The van der Waals surface area contributed by atoms with Gasteiger partial charge in [-0.05, 0) is 79.3 Å². The van der Waals surface area contributed by atoms with Crippen molar-refractivity contribution in [3.8, 4) is 22.3 Å². The van der Waals surface area contributed by atoms with E-state index < -0.39 is 0 Å². The highest BCUT2D eigenvalue weighted by atomic mass is 15.1. The van der Waals surface area contributed by atoms with Gasteiger partial charge in [0.1, 0.15) is 0 Å². The molecule has 28 heavy (non-hydrogen) atoms. The van der Waals surface area contributed by atoms with E-state index in [1.807, 2.05) is 20.0 Å². The molecule has 0 aromatic heterocycles. The molecule has 0 fully saturated rings. The highest BCUT2D eigenvalue weighted by molar-refractivity contribution is 5.91. The predicted octanol–water partition coefficient (Wildman–Crippen LogP) is 7.02. The van der Waals surface area contributed by atoms with Crippen LogP contribution in [0.5, 0.6) is 0 Å². The SMILES string of the molecule is CC(=N)/C=C(/C)N(C)c1ccc(-c2c(C)cc(-c3ccccc3)cc2C)cc1. The Morgan fingerprint density at radius 1 is 0.786 bits per heavy atom. The molecule has 3 aromatic carbocycles. The number of hydrogen-bond donors (Lipinski definition) is 1. The van der Waals surface area contributed by atoms with E-state index in [9.17, 15) is 0 Å². The lowest BCUT2D eigenvalue weighted by Crippen LogP contribution is -2.14. The first kappa shape index (κ1) is 19.6. The largest absolute Gasteiger partial charge is 0.348 e. The minimum Gasteiger partial charge on any atom is -0.348 e. The maximum Gasteiger partial charge on any atom is 0.0405 e. The Hall–Kier alpha value is -3.13. The zero-order valence-electron chi connectivity index (χ0n) is 17.4. The molecule has 0 aliphatic heterocycles. The van der Waals surface area contributed by atoms with Gasteiger partial charge in [-0.1, -0.05) is 54.6 Å². The number of allylic oxidation sites excluding steroid dienone is 2.